The van der Waals surface area contributed by atoms with Gasteiger partial charge in [0, 0.05) is 13.0 Å². The highest BCUT2D eigenvalue weighted by molar-refractivity contribution is 7.11. The minimum Gasteiger partial charge on any atom is -0.311 e. The molecule has 0 aromatic carbocycles. The largest absolute Gasteiger partial charge is 0.344 e. The lowest BCUT2D eigenvalue weighted by molar-refractivity contribution is -0.0584. The average Bonchev–Trinajstić information content (AvgIpc) is 2.92. The van der Waals surface area contributed by atoms with Gasteiger partial charge in [-0.25, -0.2) is 9.86 Å². The molecule has 3 heterocycles. The van der Waals surface area contributed by atoms with Crippen LogP contribution in [0.3, 0.4) is 0 Å². The van der Waals surface area contributed by atoms with Gasteiger partial charge in [0.1, 0.15) is 10.0 Å². The van der Waals surface area contributed by atoms with Crippen LogP contribution in [0.1, 0.15) is 42.2 Å². The topological polar surface area (TPSA) is 69.6 Å². The molecule has 18 heavy (non-hydrogen) atoms. The van der Waals surface area contributed by atoms with Crippen molar-refractivity contribution >= 4 is 17.4 Å². The standard InChI is InChI=1S/C11H16N4O2S/c1-2-3-9-12-13-10(18-9)8-5-4-7-6-14(8)11(16)15(7)17/h7-8,17H,2-6H2,1H3/t7-,8+/m1/s1. The SMILES string of the molecule is CCCc1nnc([C@@H]2CC[C@@H]3CN2C(=O)N3O)s1. The molecule has 2 amide bonds. The van der Waals surface area contributed by atoms with E-state index in [9.17, 15) is 10.0 Å². The van der Waals surface area contributed by atoms with Crippen molar-refractivity contribution in [2.24, 2.45) is 0 Å². The zero-order valence-corrected chi connectivity index (χ0v) is 11.1. The maximum absolute atomic E-state index is 11.9. The van der Waals surface area contributed by atoms with Gasteiger partial charge < -0.3 is 4.90 Å². The predicted octanol–water partition coefficient (Wildman–Crippen LogP) is 1.82. The number of carbonyl (C=O) groups excluding carboxylic acids is 1. The Bertz CT molecular complexity index is 464. The fourth-order valence-electron chi connectivity index (χ4n) is 2.62. The Hall–Kier alpha value is -1.21. The van der Waals surface area contributed by atoms with Crippen molar-refractivity contribution in [3.63, 3.8) is 0 Å². The molecule has 0 radical (unpaired) electrons. The van der Waals surface area contributed by atoms with E-state index in [1.807, 2.05) is 0 Å². The van der Waals surface area contributed by atoms with Gasteiger partial charge in [0.2, 0.25) is 0 Å². The Kier molecular flexibility index (Phi) is 2.95. The second-order valence-electron chi connectivity index (χ2n) is 4.81. The number of hydroxylamine groups is 2. The zero-order chi connectivity index (χ0) is 12.7. The molecule has 2 saturated heterocycles. The summed E-state index contributed by atoms with van der Waals surface area (Å²) < 4.78 is 0. The van der Waals surface area contributed by atoms with Crippen LogP contribution in [-0.4, -0.2) is 44.0 Å². The highest BCUT2D eigenvalue weighted by atomic mass is 32.1. The number of amides is 2. The molecule has 1 N–H and O–H groups in total. The molecule has 2 aliphatic rings. The number of aromatic nitrogens is 2. The molecule has 0 unspecified atom stereocenters. The second kappa shape index (κ2) is 4.47. The molecule has 1 aromatic rings. The summed E-state index contributed by atoms with van der Waals surface area (Å²) in [5.74, 6) is 0. The number of fused-ring (bicyclic) bond motifs is 2. The van der Waals surface area contributed by atoms with E-state index in [0.717, 1.165) is 40.8 Å². The van der Waals surface area contributed by atoms with E-state index in [4.69, 9.17) is 0 Å². The highest BCUT2D eigenvalue weighted by Gasteiger charge is 2.45. The lowest BCUT2D eigenvalue weighted by Crippen LogP contribution is -2.33. The lowest BCUT2D eigenvalue weighted by atomic mass is 10.0. The third-order valence-electron chi connectivity index (χ3n) is 3.58. The third kappa shape index (κ3) is 1.78. The predicted molar refractivity (Wildman–Crippen MR) is 65.4 cm³/mol. The number of rotatable bonds is 3. The van der Waals surface area contributed by atoms with Crippen LogP contribution < -0.4 is 0 Å². The Morgan fingerprint density at radius 2 is 2.28 bits per heavy atom. The summed E-state index contributed by atoms with van der Waals surface area (Å²) in [6, 6.07) is -0.347. The van der Waals surface area contributed by atoms with E-state index in [1.54, 1.807) is 16.2 Å². The molecule has 1 aromatic heterocycles. The summed E-state index contributed by atoms with van der Waals surface area (Å²) in [4.78, 5) is 13.6. The summed E-state index contributed by atoms with van der Waals surface area (Å²) in [5.41, 5.74) is 0. The number of urea groups is 1. The second-order valence-corrected chi connectivity index (χ2v) is 5.90. The van der Waals surface area contributed by atoms with Crippen LogP contribution in [-0.2, 0) is 6.42 Å². The van der Waals surface area contributed by atoms with Crippen LogP contribution in [0.5, 0.6) is 0 Å². The van der Waals surface area contributed by atoms with Crippen molar-refractivity contribution in [1.82, 2.24) is 20.2 Å². The first kappa shape index (κ1) is 11.9. The highest BCUT2D eigenvalue weighted by Crippen LogP contribution is 2.38. The van der Waals surface area contributed by atoms with Crippen molar-refractivity contribution in [2.75, 3.05) is 6.54 Å². The number of aryl methyl sites for hydroxylation is 1. The molecule has 98 valence electrons. The molecule has 7 heteroatoms. The van der Waals surface area contributed by atoms with Gasteiger partial charge in [-0.15, -0.1) is 10.2 Å². The minimum absolute atomic E-state index is 0.00555. The molecule has 2 aliphatic heterocycles. The van der Waals surface area contributed by atoms with E-state index in [1.165, 1.54) is 0 Å². The number of hydrogen-bond acceptors (Lipinski definition) is 5. The minimum atomic E-state index is -0.297. The molecule has 6 nitrogen and oxygen atoms in total. The van der Waals surface area contributed by atoms with Gasteiger partial charge in [-0.2, -0.15) is 0 Å². The maximum Gasteiger partial charge on any atom is 0.344 e. The Balaban J connectivity index is 1.81. The van der Waals surface area contributed by atoms with Gasteiger partial charge in [0.15, 0.2) is 0 Å². The Morgan fingerprint density at radius 3 is 3.06 bits per heavy atom. The Morgan fingerprint density at radius 1 is 1.44 bits per heavy atom. The van der Waals surface area contributed by atoms with Crippen LogP contribution in [0.4, 0.5) is 4.79 Å². The fourth-order valence-corrected chi connectivity index (χ4v) is 3.72. The lowest BCUT2D eigenvalue weighted by Gasteiger charge is -2.28. The number of nitrogens with zero attached hydrogens (tertiary/aromatic N) is 4. The van der Waals surface area contributed by atoms with Crippen molar-refractivity contribution < 1.29 is 10.0 Å². The smallest absolute Gasteiger partial charge is 0.311 e. The first-order valence-corrected chi connectivity index (χ1v) is 7.13. The van der Waals surface area contributed by atoms with E-state index in [-0.39, 0.29) is 18.1 Å². The molecular formula is C11H16N4O2S. The van der Waals surface area contributed by atoms with E-state index in [2.05, 4.69) is 17.1 Å². The summed E-state index contributed by atoms with van der Waals surface area (Å²) in [6.45, 7) is 2.71. The molecule has 2 fully saturated rings. The van der Waals surface area contributed by atoms with Gasteiger partial charge in [0.25, 0.3) is 0 Å². The van der Waals surface area contributed by atoms with Gasteiger partial charge in [-0.1, -0.05) is 18.3 Å². The van der Waals surface area contributed by atoms with Gasteiger partial charge in [-0.05, 0) is 19.3 Å². The van der Waals surface area contributed by atoms with Crippen LogP contribution in [0.2, 0.25) is 0 Å². The zero-order valence-electron chi connectivity index (χ0n) is 10.2. The van der Waals surface area contributed by atoms with E-state index in [0.29, 0.717) is 6.54 Å². The van der Waals surface area contributed by atoms with Gasteiger partial charge >= 0.3 is 6.03 Å². The molecule has 0 saturated carbocycles. The van der Waals surface area contributed by atoms with Crippen molar-refractivity contribution in [3.8, 4) is 0 Å². The van der Waals surface area contributed by atoms with E-state index < -0.39 is 0 Å². The van der Waals surface area contributed by atoms with E-state index >= 15 is 0 Å². The molecular weight excluding hydrogens is 252 g/mol. The maximum atomic E-state index is 11.9. The van der Waals surface area contributed by atoms with Crippen LogP contribution in [0, 0.1) is 0 Å². The number of hydrogen-bond donors (Lipinski definition) is 1. The van der Waals surface area contributed by atoms with Crippen LogP contribution >= 0.6 is 11.3 Å². The van der Waals surface area contributed by atoms with Gasteiger partial charge in [0.05, 0.1) is 12.1 Å². The normalized spacial score (nSPS) is 27.1. The summed E-state index contributed by atoms with van der Waals surface area (Å²) in [5, 5.41) is 20.8. The molecule has 2 bridgehead atoms. The summed E-state index contributed by atoms with van der Waals surface area (Å²) in [6.07, 6.45) is 3.67. The number of piperidine rings is 1. The van der Waals surface area contributed by atoms with Crippen LogP contribution in [0.25, 0.3) is 0 Å². The van der Waals surface area contributed by atoms with Crippen molar-refractivity contribution in [3.05, 3.63) is 10.0 Å². The van der Waals surface area contributed by atoms with Crippen molar-refractivity contribution in [1.29, 1.82) is 0 Å². The Labute approximate surface area is 109 Å². The molecule has 2 atom stereocenters. The summed E-state index contributed by atoms with van der Waals surface area (Å²) >= 11 is 1.59. The fraction of sp³-hybridized carbons (Fsp3) is 0.727. The molecule has 0 aliphatic carbocycles. The van der Waals surface area contributed by atoms with Gasteiger partial charge in [-0.3, -0.25) is 5.21 Å². The third-order valence-corrected chi connectivity index (χ3v) is 4.66. The quantitative estimate of drug-likeness (QED) is 0.849. The summed E-state index contributed by atoms with van der Waals surface area (Å²) in [7, 11) is 0. The van der Waals surface area contributed by atoms with Crippen molar-refractivity contribution in [2.45, 2.75) is 44.7 Å². The first-order chi connectivity index (χ1) is 8.70. The number of carbonyl (C=O) groups is 1. The first-order valence-electron chi connectivity index (χ1n) is 6.31. The molecule has 0 spiro atoms. The monoisotopic (exact) mass is 268 g/mol. The molecule has 3 rings (SSSR count). The van der Waals surface area contributed by atoms with Crippen LogP contribution in [0.15, 0.2) is 0 Å². The average molecular weight is 268 g/mol.